The minimum Gasteiger partial charge on any atom is -0.327 e. The number of nitrogens with zero attached hydrogens (tertiary/aromatic N) is 1. The maximum atomic E-state index is 12.6. The Morgan fingerprint density at radius 3 is 2.32 bits per heavy atom. The number of nitrogens with one attached hydrogen (secondary N) is 1. The third-order valence-corrected chi connectivity index (χ3v) is 5.72. The summed E-state index contributed by atoms with van der Waals surface area (Å²) in [6.45, 7) is 4.41. The Morgan fingerprint density at radius 2 is 1.74 bits per heavy atom. The summed E-state index contributed by atoms with van der Waals surface area (Å²) >= 11 is 0. The molecule has 108 valence electrons. The molecular weight excluding hydrogens is 238 g/mol. The molecule has 0 spiro atoms. The number of fused-ring (bicyclic) bond motifs is 2. The van der Waals surface area contributed by atoms with Crippen LogP contribution in [0.5, 0.6) is 0 Å². The van der Waals surface area contributed by atoms with Crippen molar-refractivity contribution in [2.45, 2.75) is 70.5 Å². The van der Waals surface area contributed by atoms with Crippen LogP contribution in [0.2, 0.25) is 0 Å². The second kappa shape index (κ2) is 5.06. The molecule has 3 rings (SSSR count). The van der Waals surface area contributed by atoms with Gasteiger partial charge in [-0.25, -0.2) is 5.01 Å². The van der Waals surface area contributed by atoms with Crippen molar-refractivity contribution in [2.24, 2.45) is 23.5 Å². The topological polar surface area (TPSA) is 58.4 Å². The van der Waals surface area contributed by atoms with Gasteiger partial charge in [0.15, 0.2) is 0 Å². The summed E-state index contributed by atoms with van der Waals surface area (Å²) in [4.78, 5) is 12.6. The largest absolute Gasteiger partial charge is 0.327 e. The van der Waals surface area contributed by atoms with E-state index in [0.717, 1.165) is 0 Å². The second-order valence-corrected chi connectivity index (χ2v) is 6.95. The molecule has 1 amide bonds. The maximum Gasteiger partial charge on any atom is 0.239 e. The highest BCUT2D eigenvalue weighted by Crippen LogP contribution is 2.47. The van der Waals surface area contributed by atoms with Crippen LogP contribution in [0.15, 0.2) is 0 Å². The Kier molecular flexibility index (Phi) is 3.56. The van der Waals surface area contributed by atoms with Gasteiger partial charge >= 0.3 is 0 Å². The van der Waals surface area contributed by atoms with Crippen LogP contribution in [0.1, 0.15) is 52.4 Å². The van der Waals surface area contributed by atoms with Gasteiger partial charge in [0.05, 0.1) is 5.92 Å². The van der Waals surface area contributed by atoms with E-state index in [1.165, 1.54) is 38.5 Å². The van der Waals surface area contributed by atoms with E-state index in [0.29, 0.717) is 23.9 Å². The molecule has 4 heteroatoms. The number of rotatable bonds is 2. The first kappa shape index (κ1) is 13.4. The van der Waals surface area contributed by atoms with Gasteiger partial charge in [-0.2, -0.15) is 0 Å². The summed E-state index contributed by atoms with van der Waals surface area (Å²) in [5, 5.41) is 2.17. The maximum absolute atomic E-state index is 12.6. The lowest BCUT2D eigenvalue weighted by molar-refractivity contribution is -0.135. The molecule has 6 unspecified atom stereocenters. The average molecular weight is 265 g/mol. The van der Waals surface area contributed by atoms with E-state index in [1.807, 2.05) is 0 Å². The summed E-state index contributed by atoms with van der Waals surface area (Å²) in [6.07, 6.45) is 7.21. The fourth-order valence-corrected chi connectivity index (χ4v) is 4.57. The molecule has 2 aliphatic carbocycles. The molecule has 4 nitrogen and oxygen atoms in total. The summed E-state index contributed by atoms with van der Waals surface area (Å²) in [5.41, 5.74) is 9.45. The van der Waals surface area contributed by atoms with Gasteiger partial charge < -0.3 is 5.73 Å². The summed E-state index contributed by atoms with van der Waals surface area (Å²) < 4.78 is 0. The van der Waals surface area contributed by atoms with Crippen LogP contribution in [-0.2, 0) is 4.79 Å². The normalized spacial score (nSPS) is 46.5. The summed E-state index contributed by atoms with van der Waals surface area (Å²) in [5.74, 6) is 1.37. The molecule has 3 fully saturated rings. The van der Waals surface area contributed by atoms with Crippen molar-refractivity contribution in [3.8, 4) is 0 Å². The monoisotopic (exact) mass is 265 g/mol. The van der Waals surface area contributed by atoms with E-state index >= 15 is 0 Å². The second-order valence-electron chi connectivity index (χ2n) is 6.95. The lowest BCUT2D eigenvalue weighted by atomic mass is 9.84. The van der Waals surface area contributed by atoms with Gasteiger partial charge in [0.25, 0.3) is 0 Å². The Hall–Kier alpha value is -0.610. The van der Waals surface area contributed by atoms with Gasteiger partial charge in [-0.1, -0.05) is 6.42 Å². The van der Waals surface area contributed by atoms with Gasteiger partial charge in [0.1, 0.15) is 0 Å². The number of hydrazine groups is 1. The lowest BCUT2D eigenvalue weighted by Gasteiger charge is -2.40. The van der Waals surface area contributed by atoms with Crippen LogP contribution in [-0.4, -0.2) is 29.0 Å². The van der Waals surface area contributed by atoms with Crippen molar-refractivity contribution in [1.82, 2.24) is 10.4 Å². The van der Waals surface area contributed by atoms with Crippen molar-refractivity contribution in [3.63, 3.8) is 0 Å². The molecule has 1 aliphatic heterocycles. The SMILES string of the molecule is CC1CCCC(C)N1NC(=O)C1C2CCC(C2)C1N. The standard InChI is InChI=1S/C15H27N3O/c1-9-4-3-5-10(2)18(9)17-15(19)13-11-6-7-12(8-11)14(13)16/h9-14H,3-8,16H2,1-2H3,(H,17,19). The molecule has 19 heavy (non-hydrogen) atoms. The molecule has 0 aromatic rings. The number of carbonyl (C=O) groups excluding carboxylic acids is 1. The number of nitrogens with two attached hydrogens (primary N) is 1. The van der Waals surface area contributed by atoms with Crippen LogP contribution >= 0.6 is 0 Å². The van der Waals surface area contributed by atoms with Crippen molar-refractivity contribution < 1.29 is 4.79 Å². The zero-order valence-corrected chi connectivity index (χ0v) is 12.1. The Balaban J connectivity index is 1.64. The van der Waals surface area contributed by atoms with Crippen LogP contribution < -0.4 is 11.2 Å². The fraction of sp³-hybridized carbons (Fsp3) is 0.933. The smallest absolute Gasteiger partial charge is 0.239 e. The lowest BCUT2D eigenvalue weighted by Crippen LogP contribution is -2.57. The van der Waals surface area contributed by atoms with Crippen molar-refractivity contribution in [1.29, 1.82) is 0 Å². The van der Waals surface area contributed by atoms with Gasteiger partial charge in [-0.3, -0.25) is 10.2 Å². The molecule has 0 aromatic heterocycles. The highest BCUT2D eigenvalue weighted by Gasteiger charge is 2.49. The Bertz CT molecular complexity index is 347. The predicted molar refractivity (Wildman–Crippen MR) is 75.1 cm³/mol. The van der Waals surface area contributed by atoms with Gasteiger partial charge in [-0.15, -0.1) is 0 Å². The number of piperidine rings is 1. The molecule has 2 bridgehead atoms. The summed E-state index contributed by atoms with van der Waals surface area (Å²) in [7, 11) is 0. The van der Waals surface area contributed by atoms with Crippen LogP contribution in [0.3, 0.4) is 0 Å². The van der Waals surface area contributed by atoms with Gasteiger partial charge in [0.2, 0.25) is 5.91 Å². The first-order valence-electron chi connectivity index (χ1n) is 7.92. The Labute approximate surface area is 116 Å². The molecule has 1 heterocycles. The molecule has 2 saturated carbocycles. The van der Waals surface area contributed by atoms with Crippen molar-refractivity contribution in [3.05, 3.63) is 0 Å². The molecule has 6 atom stereocenters. The predicted octanol–water partition coefficient (Wildman–Crippen LogP) is 1.65. The fourth-order valence-electron chi connectivity index (χ4n) is 4.57. The molecule has 1 saturated heterocycles. The van der Waals surface area contributed by atoms with E-state index < -0.39 is 0 Å². The van der Waals surface area contributed by atoms with E-state index in [4.69, 9.17) is 5.73 Å². The molecule has 3 N–H and O–H groups in total. The quantitative estimate of drug-likeness (QED) is 0.798. The van der Waals surface area contributed by atoms with E-state index in [1.54, 1.807) is 0 Å². The molecular formula is C15H27N3O. The summed E-state index contributed by atoms with van der Waals surface area (Å²) in [6, 6.07) is 0.985. The van der Waals surface area contributed by atoms with E-state index in [2.05, 4.69) is 24.3 Å². The van der Waals surface area contributed by atoms with E-state index in [9.17, 15) is 4.79 Å². The van der Waals surface area contributed by atoms with Gasteiger partial charge in [-0.05, 0) is 57.8 Å². The van der Waals surface area contributed by atoms with Crippen LogP contribution in [0, 0.1) is 17.8 Å². The highest BCUT2D eigenvalue weighted by atomic mass is 16.2. The molecule has 3 aliphatic rings. The first-order chi connectivity index (χ1) is 9.08. The van der Waals surface area contributed by atoms with Crippen molar-refractivity contribution in [2.75, 3.05) is 0 Å². The van der Waals surface area contributed by atoms with Gasteiger partial charge in [0, 0.05) is 18.1 Å². The third-order valence-electron chi connectivity index (χ3n) is 5.72. The molecule has 0 aromatic carbocycles. The van der Waals surface area contributed by atoms with Crippen molar-refractivity contribution >= 4 is 5.91 Å². The number of hydrogen-bond donors (Lipinski definition) is 2. The minimum absolute atomic E-state index is 0.0556. The van der Waals surface area contributed by atoms with E-state index in [-0.39, 0.29) is 17.9 Å². The zero-order valence-electron chi connectivity index (χ0n) is 12.1. The average Bonchev–Trinajstić information content (AvgIpc) is 2.94. The number of hydrogen-bond acceptors (Lipinski definition) is 3. The number of amides is 1. The minimum atomic E-state index is 0.0556. The Morgan fingerprint density at radius 1 is 1.11 bits per heavy atom. The van der Waals surface area contributed by atoms with Crippen LogP contribution in [0.25, 0.3) is 0 Å². The highest BCUT2D eigenvalue weighted by molar-refractivity contribution is 5.80. The zero-order chi connectivity index (χ0) is 13.6. The van der Waals surface area contributed by atoms with Crippen LogP contribution in [0.4, 0.5) is 0 Å². The first-order valence-corrected chi connectivity index (χ1v) is 7.92. The third kappa shape index (κ3) is 2.29. The molecule has 0 radical (unpaired) electrons. The number of carbonyl (C=O) groups is 1.